The minimum atomic E-state index is -0.439. The highest BCUT2D eigenvalue weighted by atomic mass is 19.1. The Morgan fingerprint density at radius 3 is 2.89 bits per heavy atom. The van der Waals surface area contributed by atoms with Crippen LogP contribution in [0, 0.1) is 23.1 Å². The van der Waals surface area contributed by atoms with Crippen molar-refractivity contribution >= 4 is 0 Å². The third-order valence-electron chi connectivity index (χ3n) is 3.55. The zero-order valence-electron chi connectivity index (χ0n) is 10.7. The molecule has 0 aromatic heterocycles. The van der Waals surface area contributed by atoms with Crippen LogP contribution >= 0.6 is 0 Å². The zero-order valence-corrected chi connectivity index (χ0v) is 10.7. The summed E-state index contributed by atoms with van der Waals surface area (Å²) in [5, 5.41) is 12.3. The Kier molecular flexibility index (Phi) is 4.33. The van der Waals surface area contributed by atoms with Crippen molar-refractivity contribution in [3.05, 3.63) is 35.1 Å². The van der Waals surface area contributed by atoms with Crippen LogP contribution in [0.3, 0.4) is 0 Å². The van der Waals surface area contributed by atoms with Crippen molar-refractivity contribution in [2.45, 2.75) is 45.2 Å². The van der Waals surface area contributed by atoms with Gasteiger partial charge in [0.05, 0.1) is 5.56 Å². The van der Waals surface area contributed by atoms with E-state index in [1.807, 2.05) is 6.07 Å². The molecular weight excluding hydrogens is 227 g/mol. The number of rotatable bonds is 6. The molecule has 0 heterocycles. The Morgan fingerprint density at radius 1 is 1.50 bits per heavy atom. The molecule has 96 valence electrons. The second-order valence-electron chi connectivity index (χ2n) is 5.09. The molecule has 1 fully saturated rings. The zero-order chi connectivity index (χ0) is 13.0. The van der Waals surface area contributed by atoms with E-state index in [1.165, 1.54) is 25.3 Å². The van der Waals surface area contributed by atoms with Gasteiger partial charge in [-0.05, 0) is 36.5 Å². The van der Waals surface area contributed by atoms with Gasteiger partial charge >= 0.3 is 0 Å². The fraction of sp³-hybridized carbons (Fsp3) is 0.533. The molecule has 3 heteroatoms. The van der Waals surface area contributed by atoms with Crippen LogP contribution < -0.4 is 5.32 Å². The van der Waals surface area contributed by atoms with E-state index in [1.54, 1.807) is 12.1 Å². The van der Waals surface area contributed by atoms with Crippen LogP contribution in [-0.2, 0) is 6.54 Å². The molecule has 1 aliphatic rings. The van der Waals surface area contributed by atoms with E-state index in [0.29, 0.717) is 12.6 Å². The predicted molar refractivity (Wildman–Crippen MR) is 69.4 cm³/mol. The number of nitrogens with zero attached hydrogens (tertiary/aromatic N) is 1. The number of hydrogen-bond donors (Lipinski definition) is 1. The van der Waals surface area contributed by atoms with Gasteiger partial charge in [0.1, 0.15) is 11.9 Å². The molecule has 1 aliphatic carbocycles. The van der Waals surface area contributed by atoms with E-state index >= 15 is 0 Å². The summed E-state index contributed by atoms with van der Waals surface area (Å²) in [7, 11) is 0. The summed E-state index contributed by atoms with van der Waals surface area (Å²) in [6, 6.07) is 7.16. The van der Waals surface area contributed by atoms with Crippen LogP contribution in [0.25, 0.3) is 0 Å². The smallest absolute Gasteiger partial charge is 0.140 e. The topological polar surface area (TPSA) is 35.8 Å². The fourth-order valence-corrected chi connectivity index (χ4v) is 2.18. The predicted octanol–water partition coefficient (Wildman–Crippen LogP) is 3.37. The van der Waals surface area contributed by atoms with E-state index in [2.05, 4.69) is 12.2 Å². The van der Waals surface area contributed by atoms with Crippen LogP contribution in [0.5, 0.6) is 0 Å². The highest BCUT2D eigenvalue weighted by molar-refractivity contribution is 5.34. The molecule has 0 amide bonds. The third-order valence-corrected chi connectivity index (χ3v) is 3.55. The average molecular weight is 246 g/mol. The van der Waals surface area contributed by atoms with Crippen molar-refractivity contribution in [3.63, 3.8) is 0 Å². The summed E-state index contributed by atoms with van der Waals surface area (Å²) in [4.78, 5) is 0. The van der Waals surface area contributed by atoms with Gasteiger partial charge in [0.2, 0.25) is 0 Å². The maximum absolute atomic E-state index is 13.2. The largest absolute Gasteiger partial charge is 0.310 e. The number of nitrogens with one attached hydrogen (secondary N) is 1. The lowest BCUT2D eigenvalue weighted by Gasteiger charge is -2.16. The molecule has 0 radical (unpaired) electrons. The van der Waals surface area contributed by atoms with Crippen molar-refractivity contribution in [1.29, 1.82) is 5.26 Å². The average Bonchev–Trinajstić information content (AvgIpc) is 3.20. The first-order chi connectivity index (χ1) is 8.72. The van der Waals surface area contributed by atoms with Crippen molar-refractivity contribution in [3.8, 4) is 6.07 Å². The summed E-state index contributed by atoms with van der Waals surface area (Å²) < 4.78 is 13.2. The molecule has 1 N–H and O–H groups in total. The molecule has 0 saturated heterocycles. The van der Waals surface area contributed by atoms with Crippen LogP contribution in [-0.4, -0.2) is 6.04 Å². The monoisotopic (exact) mass is 246 g/mol. The van der Waals surface area contributed by atoms with Crippen molar-refractivity contribution in [1.82, 2.24) is 5.32 Å². The van der Waals surface area contributed by atoms with Crippen molar-refractivity contribution < 1.29 is 4.39 Å². The maximum Gasteiger partial charge on any atom is 0.140 e. The van der Waals surface area contributed by atoms with Crippen molar-refractivity contribution in [2.75, 3.05) is 0 Å². The normalized spacial score (nSPS) is 16.3. The number of halogens is 1. The van der Waals surface area contributed by atoms with Gasteiger partial charge in [-0.1, -0.05) is 25.8 Å². The Bertz CT molecular complexity index is 446. The summed E-state index contributed by atoms with van der Waals surface area (Å²) in [6.45, 7) is 2.89. The van der Waals surface area contributed by atoms with Crippen LogP contribution in [0.15, 0.2) is 18.2 Å². The molecule has 2 nitrogen and oxygen atoms in total. The SMILES string of the molecule is CCC(CC1CC1)NCc1ccc(F)c(C#N)c1. The van der Waals surface area contributed by atoms with Gasteiger partial charge in [0.15, 0.2) is 0 Å². The first kappa shape index (κ1) is 13.0. The molecular formula is C15H19FN2. The first-order valence-corrected chi connectivity index (χ1v) is 6.64. The molecule has 0 bridgehead atoms. The van der Waals surface area contributed by atoms with E-state index in [0.717, 1.165) is 17.9 Å². The molecule has 1 atom stereocenters. The number of hydrogen-bond acceptors (Lipinski definition) is 2. The summed E-state index contributed by atoms with van der Waals surface area (Å²) >= 11 is 0. The van der Waals surface area contributed by atoms with Gasteiger partial charge in [-0.15, -0.1) is 0 Å². The fourth-order valence-electron chi connectivity index (χ4n) is 2.18. The van der Waals surface area contributed by atoms with Gasteiger partial charge < -0.3 is 5.32 Å². The molecule has 0 spiro atoms. The van der Waals surface area contributed by atoms with Crippen molar-refractivity contribution in [2.24, 2.45) is 5.92 Å². The van der Waals surface area contributed by atoms with Crippen LogP contribution in [0.4, 0.5) is 4.39 Å². The van der Waals surface area contributed by atoms with E-state index in [-0.39, 0.29) is 5.56 Å². The van der Waals surface area contributed by atoms with Crippen LogP contribution in [0.1, 0.15) is 43.7 Å². The van der Waals surface area contributed by atoms with Gasteiger partial charge in [-0.25, -0.2) is 4.39 Å². The third kappa shape index (κ3) is 3.54. The molecule has 1 aromatic rings. The highest BCUT2D eigenvalue weighted by Crippen LogP contribution is 2.34. The Hall–Kier alpha value is -1.40. The van der Waals surface area contributed by atoms with Crippen LogP contribution in [0.2, 0.25) is 0 Å². The lowest BCUT2D eigenvalue weighted by molar-refractivity contribution is 0.444. The highest BCUT2D eigenvalue weighted by Gasteiger charge is 2.24. The molecule has 18 heavy (non-hydrogen) atoms. The van der Waals surface area contributed by atoms with Gasteiger partial charge in [-0.2, -0.15) is 5.26 Å². The second kappa shape index (κ2) is 5.97. The van der Waals surface area contributed by atoms with Gasteiger partial charge in [-0.3, -0.25) is 0 Å². The second-order valence-corrected chi connectivity index (χ2v) is 5.09. The summed E-state index contributed by atoms with van der Waals surface area (Å²) in [5.74, 6) is 0.469. The van der Waals surface area contributed by atoms with Gasteiger partial charge in [0.25, 0.3) is 0 Å². The Balaban J connectivity index is 1.90. The quantitative estimate of drug-likeness (QED) is 0.835. The van der Waals surface area contributed by atoms with Gasteiger partial charge in [0, 0.05) is 12.6 Å². The first-order valence-electron chi connectivity index (χ1n) is 6.64. The number of nitriles is 1. The van der Waals surface area contributed by atoms with E-state index < -0.39 is 5.82 Å². The lowest BCUT2D eigenvalue weighted by atomic mass is 10.1. The Labute approximate surface area is 108 Å². The molecule has 1 saturated carbocycles. The standard InChI is InChI=1S/C15H19FN2/c1-2-14(8-11-3-4-11)18-10-12-5-6-15(16)13(7-12)9-17/h5-7,11,14,18H,2-4,8,10H2,1H3. The minimum Gasteiger partial charge on any atom is -0.310 e. The molecule has 2 rings (SSSR count). The summed E-state index contributed by atoms with van der Waals surface area (Å²) in [6.07, 6.45) is 5.09. The Morgan fingerprint density at radius 2 is 2.28 bits per heavy atom. The van der Waals surface area contributed by atoms with E-state index in [4.69, 9.17) is 5.26 Å². The van der Waals surface area contributed by atoms with E-state index in [9.17, 15) is 4.39 Å². The number of benzene rings is 1. The minimum absolute atomic E-state index is 0.129. The molecule has 0 aliphatic heterocycles. The lowest BCUT2D eigenvalue weighted by Crippen LogP contribution is -2.28. The summed E-state index contributed by atoms with van der Waals surface area (Å²) in [5.41, 5.74) is 1.10. The maximum atomic E-state index is 13.2. The molecule has 1 unspecified atom stereocenters. The molecule has 1 aromatic carbocycles.